The number of ether oxygens (including phenoxy) is 1. The van der Waals surface area contributed by atoms with Gasteiger partial charge in [0.2, 0.25) is 0 Å². The molecule has 0 bridgehead atoms. The number of furan rings is 1. The summed E-state index contributed by atoms with van der Waals surface area (Å²) in [5.74, 6) is -2.93. The van der Waals surface area contributed by atoms with Crippen LogP contribution in [0.4, 0.5) is 5.69 Å². The number of carbonyl (C=O) groups excluding carboxylic acids is 3. The fourth-order valence-electron chi connectivity index (χ4n) is 2.43. The van der Waals surface area contributed by atoms with Gasteiger partial charge in [0.05, 0.1) is 23.6 Å². The maximum Gasteiger partial charge on any atom is 0.340 e. The average molecular weight is 409 g/mol. The highest BCUT2D eigenvalue weighted by molar-refractivity contribution is 7.09. The third-order valence-electron chi connectivity index (χ3n) is 3.82. The van der Waals surface area contributed by atoms with E-state index in [0.717, 1.165) is 0 Å². The molecule has 146 valence electrons. The van der Waals surface area contributed by atoms with E-state index in [4.69, 9.17) is 9.15 Å². The zero-order valence-electron chi connectivity index (χ0n) is 15.2. The Bertz CT molecular complexity index is 1080. The van der Waals surface area contributed by atoms with Gasteiger partial charge in [0, 0.05) is 11.1 Å². The minimum absolute atomic E-state index is 0.0683. The number of rotatable bonds is 7. The first-order valence-electron chi connectivity index (χ1n) is 8.45. The lowest BCUT2D eigenvalue weighted by Gasteiger charge is -2.11. The zero-order chi connectivity index (χ0) is 20.8. The number of Topliss-reactive ketones (excluding diaryl/α,β-unsaturated/α-hetero) is 1. The van der Waals surface area contributed by atoms with E-state index < -0.39 is 30.2 Å². The summed E-state index contributed by atoms with van der Waals surface area (Å²) < 4.78 is 10.1. The van der Waals surface area contributed by atoms with E-state index in [2.05, 4.69) is 10.3 Å². The van der Waals surface area contributed by atoms with Crippen LogP contribution in [0.15, 0.2) is 52.5 Å². The smallest absolute Gasteiger partial charge is 0.340 e. The van der Waals surface area contributed by atoms with Crippen LogP contribution < -0.4 is 5.32 Å². The van der Waals surface area contributed by atoms with Crippen molar-refractivity contribution in [1.82, 2.24) is 4.98 Å². The lowest BCUT2D eigenvalue weighted by atomic mass is 10.1. The van der Waals surface area contributed by atoms with Gasteiger partial charge in [-0.1, -0.05) is 12.1 Å². The van der Waals surface area contributed by atoms with Gasteiger partial charge in [-0.3, -0.25) is 9.59 Å². The largest absolute Gasteiger partial charge is 0.459 e. The van der Waals surface area contributed by atoms with Crippen LogP contribution in [0, 0.1) is 18.3 Å². The van der Waals surface area contributed by atoms with Crippen LogP contribution >= 0.6 is 11.3 Å². The number of ketones is 1. The van der Waals surface area contributed by atoms with Gasteiger partial charge in [-0.05, 0) is 31.2 Å². The van der Waals surface area contributed by atoms with Gasteiger partial charge in [0.15, 0.2) is 24.1 Å². The highest BCUT2D eigenvalue weighted by Gasteiger charge is 2.25. The quantitative estimate of drug-likeness (QED) is 0.594. The zero-order valence-corrected chi connectivity index (χ0v) is 16.1. The molecule has 1 atom stereocenters. The Labute approximate surface area is 169 Å². The Hall–Kier alpha value is -3.77. The van der Waals surface area contributed by atoms with E-state index in [1.165, 1.54) is 35.8 Å². The van der Waals surface area contributed by atoms with Gasteiger partial charge in [-0.15, -0.1) is 11.3 Å². The molecule has 9 heteroatoms. The molecule has 0 fully saturated rings. The van der Waals surface area contributed by atoms with Crippen LogP contribution in [0.5, 0.6) is 0 Å². The van der Waals surface area contributed by atoms with E-state index in [0.29, 0.717) is 10.7 Å². The van der Waals surface area contributed by atoms with Crippen molar-refractivity contribution in [2.75, 3.05) is 11.9 Å². The Morgan fingerprint density at radius 1 is 1.28 bits per heavy atom. The maximum absolute atomic E-state index is 12.4. The van der Waals surface area contributed by atoms with Crippen LogP contribution in [0.3, 0.4) is 0 Å². The molecule has 29 heavy (non-hydrogen) atoms. The number of anilines is 1. The number of aromatic nitrogens is 1. The molecule has 0 aliphatic heterocycles. The third-order valence-corrected chi connectivity index (χ3v) is 4.85. The molecular weight excluding hydrogens is 394 g/mol. The highest BCUT2D eigenvalue weighted by atomic mass is 32.1. The molecule has 0 radical (unpaired) electrons. The molecule has 0 aliphatic carbocycles. The molecule has 3 aromatic rings. The number of benzene rings is 1. The molecule has 1 aromatic carbocycles. The van der Waals surface area contributed by atoms with Gasteiger partial charge in [-0.2, -0.15) is 5.26 Å². The number of aryl methyl sites for hydroxylation is 1. The molecule has 1 unspecified atom stereocenters. The molecule has 1 N–H and O–H groups in total. The monoisotopic (exact) mass is 409 g/mol. The topological polar surface area (TPSA) is 122 Å². The number of amides is 1. The third kappa shape index (κ3) is 4.75. The Morgan fingerprint density at radius 2 is 2.07 bits per heavy atom. The first-order valence-corrected chi connectivity index (χ1v) is 9.33. The lowest BCUT2D eigenvalue weighted by Crippen LogP contribution is -2.21. The highest BCUT2D eigenvalue weighted by Crippen LogP contribution is 2.22. The van der Waals surface area contributed by atoms with Gasteiger partial charge >= 0.3 is 5.97 Å². The number of thiazole rings is 1. The van der Waals surface area contributed by atoms with E-state index in [9.17, 15) is 19.6 Å². The second kappa shape index (κ2) is 8.95. The summed E-state index contributed by atoms with van der Waals surface area (Å²) >= 11 is 1.20. The fourth-order valence-corrected chi connectivity index (χ4v) is 3.29. The number of hydrogen-bond acceptors (Lipinski definition) is 8. The lowest BCUT2D eigenvalue weighted by molar-refractivity contribution is -0.122. The first kappa shape index (κ1) is 20.0. The van der Waals surface area contributed by atoms with E-state index in [-0.39, 0.29) is 17.0 Å². The van der Waals surface area contributed by atoms with Crippen molar-refractivity contribution in [3.8, 4) is 6.07 Å². The number of carbonyl (C=O) groups is 3. The summed E-state index contributed by atoms with van der Waals surface area (Å²) in [5, 5.41) is 13.9. The summed E-state index contributed by atoms with van der Waals surface area (Å²) in [7, 11) is 0. The normalized spacial score (nSPS) is 11.3. The van der Waals surface area contributed by atoms with Crippen LogP contribution in [-0.4, -0.2) is 29.3 Å². The first-order chi connectivity index (χ1) is 14.0. The van der Waals surface area contributed by atoms with Crippen LogP contribution in [0.1, 0.15) is 37.5 Å². The van der Waals surface area contributed by atoms with Crippen molar-refractivity contribution in [3.63, 3.8) is 0 Å². The summed E-state index contributed by atoms with van der Waals surface area (Å²) in [6.45, 7) is 1.17. The molecule has 0 saturated carbocycles. The van der Waals surface area contributed by atoms with Crippen molar-refractivity contribution in [1.29, 1.82) is 5.26 Å². The molecule has 0 saturated heterocycles. The standard InChI is InChI=1S/C20H15N3O5S/c1-12-11-29-19(22-12)14(9-21)16(24)10-28-20(26)13-5-2-3-6-15(13)23-18(25)17-7-4-8-27-17/h2-8,11,14H,10H2,1H3,(H,23,25). The number of nitriles is 1. The van der Waals surface area contributed by atoms with Crippen molar-refractivity contribution in [2.24, 2.45) is 0 Å². The summed E-state index contributed by atoms with van der Waals surface area (Å²) in [6.07, 6.45) is 1.36. The van der Waals surface area contributed by atoms with Crippen LogP contribution in [0.2, 0.25) is 0 Å². The average Bonchev–Trinajstić information content (AvgIpc) is 3.39. The predicted octanol–water partition coefficient (Wildman–Crippen LogP) is 3.33. The maximum atomic E-state index is 12.4. The number of esters is 1. The van der Waals surface area contributed by atoms with Crippen LogP contribution in [-0.2, 0) is 9.53 Å². The number of hydrogen-bond donors (Lipinski definition) is 1. The number of nitrogens with one attached hydrogen (secondary N) is 1. The van der Waals surface area contributed by atoms with Crippen molar-refractivity contribution >= 4 is 34.7 Å². The van der Waals surface area contributed by atoms with Gasteiger partial charge < -0.3 is 14.5 Å². The Morgan fingerprint density at radius 3 is 2.72 bits per heavy atom. The molecule has 1 amide bonds. The summed E-state index contributed by atoms with van der Waals surface area (Å²) in [4.78, 5) is 41.1. The second-order valence-corrected chi connectivity index (χ2v) is 6.80. The molecule has 8 nitrogen and oxygen atoms in total. The second-order valence-electron chi connectivity index (χ2n) is 5.91. The molecule has 2 aromatic heterocycles. The molecular formula is C20H15N3O5S. The van der Waals surface area contributed by atoms with Crippen molar-refractivity contribution < 1.29 is 23.5 Å². The summed E-state index contributed by atoms with van der Waals surface area (Å²) in [5.41, 5.74) is 0.980. The van der Waals surface area contributed by atoms with Gasteiger partial charge in [0.25, 0.3) is 5.91 Å². The predicted molar refractivity (Wildman–Crippen MR) is 104 cm³/mol. The minimum atomic E-state index is -1.10. The fraction of sp³-hybridized carbons (Fsp3) is 0.150. The van der Waals surface area contributed by atoms with Crippen molar-refractivity contribution in [3.05, 3.63) is 70.1 Å². The minimum Gasteiger partial charge on any atom is -0.459 e. The Kier molecular flexibility index (Phi) is 6.16. The molecule has 0 spiro atoms. The van der Waals surface area contributed by atoms with E-state index >= 15 is 0 Å². The molecule has 3 rings (SSSR count). The van der Waals surface area contributed by atoms with Crippen molar-refractivity contribution in [2.45, 2.75) is 12.8 Å². The van der Waals surface area contributed by atoms with E-state index in [1.54, 1.807) is 30.5 Å². The Balaban J connectivity index is 1.67. The summed E-state index contributed by atoms with van der Waals surface area (Å²) in [6, 6.07) is 11.1. The van der Waals surface area contributed by atoms with Gasteiger partial charge in [-0.25, -0.2) is 9.78 Å². The number of nitrogens with zero attached hydrogens (tertiary/aromatic N) is 2. The van der Waals surface area contributed by atoms with E-state index in [1.807, 2.05) is 6.07 Å². The SMILES string of the molecule is Cc1csc(C(C#N)C(=O)COC(=O)c2ccccc2NC(=O)c2ccco2)n1. The van der Waals surface area contributed by atoms with Gasteiger partial charge in [0.1, 0.15) is 5.01 Å². The molecule has 2 heterocycles. The molecule has 0 aliphatic rings. The van der Waals surface area contributed by atoms with Crippen LogP contribution in [0.25, 0.3) is 0 Å². The number of para-hydroxylation sites is 1.